The Bertz CT molecular complexity index is 152. The van der Waals surface area contributed by atoms with E-state index < -0.39 is 0 Å². The van der Waals surface area contributed by atoms with E-state index in [1.54, 1.807) is 0 Å². The highest BCUT2D eigenvalue weighted by molar-refractivity contribution is 4.85. The van der Waals surface area contributed by atoms with Crippen molar-refractivity contribution in [3.63, 3.8) is 0 Å². The number of likely N-dealkylation sites (N-methyl/N-ethyl adjacent to an activating group) is 1. The van der Waals surface area contributed by atoms with Crippen molar-refractivity contribution >= 4 is 0 Å². The Labute approximate surface area is 81.7 Å². The largest absolute Gasteiger partial charge is 0.316 e. The summed E-state index contributed by atoms with van der Waals surface area (Å²) in [6.07, 6.45) is 8.66. The number of nitrogens with one attached hydrogen (secondary N) is 1. The van der Waals surface area contributed by atoms with Crippen molar-refractivity contribution in [3.05, 3.63) is 0 Å². The van der Waals surface area contributed by atoms with Gasteiger partial charge in [0, 0.05) is 25.2 Å². The van der Waals surface area contributed by atoms with Crippen LogP contribution in [0, 0.1) is 0 Å². The lowest BCUT2D eigenvalue weighted by Gasteiger charge is -2.30. The zero-order chi connectivity index (χ0) is 9.10. The summed E-state index contributed by atoms with van der Waals surface area (Å²) < 4.78 is 0. The van der Waals surface area contributed by atoms with Gasteiger partial charge < -0.3 is 5.32 Å². The fourth-order valence-electron chi connectivity index (χ4n) is 2.80. The van der Waals surface area contributed by atoms with Gasteiger partial charge >= 0.3 is 0 Å². The van der Waals surface area contributed by atoms with Gasteiger partial charge in [-0.25, -0.2) is 0 Å². The number of hydrogen-bond acceptors (Lipinski definition) is 2. The second kappa shape index (κ2) is 4.43. The minimum absolute atomic E-state index is 0.766. The van der Waals surface area contributed by atoms with Crippen LogP contribution >= 0.6 is 0 Å². The van der Waals surface area contributed by atoms with E-state index in [1.165, 1.54) is 51.6 Å². The fourth-order valence-corrected chi connectivity index (χ4v) is 2.80. The first-order valence-electron chi connectivity index (χ1n) is 5.81. The molecule has 0 aromatic rings. The third-order valence-electron chi connectivity index (χ3n) is 3.72. The molecular formula is C11H22N2. The summed E-state index contributed by atoms with van der Waals surface area (Å²) in [6.45, 7) is 2.62. The zero-order valence-corrected chi connectivity index (χ0v) is 8.76. The van der Waals surface area contributed by atoms with E-state index in [4.69, 9.17) is 0 Å². The molecule has 0 unspecified atom stereocenters. The smallest absolute Gasteiger partial charge is 0.0204 e. The van der Waals surface area contributed by atoms with Crippen molar-refractivity contribution in [2.75, 3.05) is 20.1 Å². The molecule has 2 rings (SSSR count). The fraction of sp³-hybridized carbons (Fsp3) is 1.00. The van der Waals surface area contributed by atoms with Gasteiger partial charge in [-0.2, -0.15) is 0 Å². The molecule has 1 aliphatic heterocycles. The molecule has 2 fully saturated rings. The summed E-state index contributed by atoms with van der Waals surface area (Å²) in [6, 6.07) is 1.69. The van der Waals surface area contributed by atoms with E-state index in [1.807, 2.05) is 0 Å². The summed E-state index contributed by atoms with van der Waals surface area (Å²) in [5, 5.41) is 3.39. The van der Waals surface area contributed by atoms with Crippen LogP contribution in [0.3, 0.4) is 0 Å². The van der Waals surface area contributed by atoms with Gasteiger partial charge in [-0.3, -0.25) is 4.90 Å². The van der Waals surface area contributed by atoms with Gasteiger partial charge in [-0.15, -0.1) is 0 Å². The monoisotopic (exact) mass is 182 g/mol. The van der Waals surface area contributed by atoms with Gasteiger partial charge in [0.2, 0.25) is 0 Å². The molecule has 2 nitrogen and oxygen atoms in total. The summed E-state index contributed by atoms with van der Waals surface area (Å²) in [5.41, 5.74) is 0. The van der Waals surface area contributed by atoms with Crippen molar-refractivity contribution in [2.45, 2.75) is 50.6 Å². The Morgan fingerprint density at radius 3 is 2.46 bits per heavy atom. The van der Waals surface area contributed by atoms with Gasteiger partial charge in [0.25, 0.3) is 0 Å². The molecule has 1 N–H and O–H groups in total. The van der Waals surface area contributed by atoms with Crippen LogP contribution in [0.25, 0.3) is 0 Å². The van der Waals surface area contributed by atoms with Crippen molar-refractivity contribution < 1.29 is 0 Å². The normalized spacial score (nSPS) is 32.5. The highest BCUT2D eigenvalue weighted by atomic mass is 15.2. The predicted octanol–water partition coefficient (Wildman–Crippen LogP) is 1.61. The second-order valence-electron chi connectivity index (χ2n) is 4.56. The third kappa shape index (κ3) is 2.23. The van der Waals surface area contributed by atoms with Crippen LogP contribution in [0.1, 0.15) is 38.5 Å². The molecule has 1 atom stereocenters. The van der Waals surface area contributed by atoms with Crippen molar-refractivity contribution in [1.29, 1.82) is 0 Å². The maximum absolute atomic E-state index is 3.39. The van der Waals surface area contributed by atoms with Crippen LogP contribution in [-0.2, 0) is 0 Å². The van der Waals surface area contributed by atoms with Crippen LogP contribution in [0.2, 0.25) is 0 Å². The van der Waals surface area contributed by atoms with E-state index in [9.17, 15) is 0 Å². The van der Waals surface area contributed by atoms with Gasteiger partial charge in [-0.1, -0.05) is 19.3 Å². The Morgan fingerprint density at radius 2 is 1.85 bits per heavy atom. The van der Waals surface area contributed by atoms with Gasteiger partial charge in [0.05, 0.1) is 0 Å². The molecule has 0 spiro atoms. The van der Waals surface area contributed by atoms with Crippen LogP contribution in [-0.4, -0.2) is 37.1 Å². The Kier molecular flexibility index (Phi) is 3.23. The topological polar surface area (TPSA) is 15.3 Å². The van der Waals surface area contributed by atoms with Crippen molar-refractivity contribution in [2.24, 2.45) is 0 Å². The van der Waals surface area contributed by atoms with Gasteiger partial charge in [-0.05, 0) is 26.3 Å². The Balaban J connectivity index is 1.80. The maximum Gasteiger partial charge on any atom is 0.0204 e. The molecular weight excluding hydrogens is 160 g/mol. The van der Waals surface area contributed by atoms with Gasteiger partial charge in [0.1, 0.15) is 0 Å². The molecule has 1 saturated heterocycles. The summed E-state index contributed by atoms with van der Waals surface area (Å²) in [7, 11) is 2.09. The first-order valence-corrected chi connectivity index (χ1v) is 5.81. The second-order valence-corrected chi connectivity index (χ2v) is 4.56. The lowest BCUT2D eigenvalue weighted by molar-refractivity contribution is 0.188. The molecule has 1 aliphatic carbocycles. The Morgan fingerprint density at radius 1 is 1.08 bits per heavy atom. The molecule has 0 radical (unpaired) electrons. The zero-order valence-electron chi connectivity index (χ0n) is 8.76. The van der Waals surface area contributed by atoms with Crippen LogP contribution in [0.5, 0.6) is 0 Å². The number of hydrogen-bond donors (Lipinski definition) is 1. The van der Waals surface area contributed by atoms with E-state index in [2.05, 4.69) is 17.3 Å². The molecule has 1 heterocycles. The summed E-state index contributed by atoms with van der Waals surface area (Å²) in [5.74, 6) is 0. The van der Waals surface area contributed by atoms with Crippen LogP contribution in [0.4, 0.5) is 0 Å². The minimum Gasteiger partial charge on any atom is -0.316 e. The lowest BCUT2D eigenvalue weighted by Crippen LogP contribution is -2.37. The molecule has 2 aliphatic rings. The highest BCUT2D eigenvalue weighted by Gasteiger charge is 2.27. The van der Waals surface area contributed by atoms with Crippen LogP contribution < -0.4 is 5.32 Å². The summed E-state index contributed by atoms with van der Waals surface area (Å²) in [4.78, 5) is 2.71. The minimum atomic E-state index is 0.766. The van der Waals surface area contributed by atoms with E-state index in [-0.39, 0.29) is 0 Å². The van der Waals surface area contributed by atoms with Crippen molar-refractivity contribution in [3.8, 4) is 0 Å². The first kappa shape index (κ1) is 9.47. The molecule has 0 amide bonds. The molecule has 1 saturated carbocycles. The molecule has 2 heteroatoms. The number of likely N-dealkylation sites (tertiary alicyclic amines) is 1. The third-order valence-corrected chi connectivity index (χ3v) is 3.72. The average molecular weight is 182 g/mol. The van der Waals surface area contributed by atoms with E-state index in [0.717, 1.165) is 12.1 Å². The van der Waals surface area contributed by atoms with Crippen molar-refractivity contribution in [1.82, 2.24) is 10.2 Å². The van der Waals surface area contributed by atoms with Crippen LogP contribution in [0.15, 0.2) is 0 Å². The molecule has 76 valence electrons. The Hall–Kier alpha value is -0.0800. The van der Waals surface area contributed by atoms with E-state index >= 15 is 0 Å². The summed E-state index contributed by atoms with van der Waals surface area (Å²) >= 11 is 0. The maximum atomic E-state index is 3.39. The average Bonchev–Trinajstić information content (AvgIpc) is 2.67. The number of rotatable bonds is 2. The van der Waals surface area contributed by atoms with E-state index in [0.29, 0.717) is 0 Å². The molecule has 0 aromatic carbocycles. The molecule has 13 heavy (non-hydrogen) atoms. The number of nitrogens with zero attached hydrogens (tertiary/aromatic N) is 1. The quantitative estimate of drug-likeness (QED) is 0.698. The lowest BCUT2D eigenvalue weighted by atomic mass is 9.94. The van der Waals surface area contributed by atoms with Gasteiger partial charge in [0.15, 0.2) is 0 Å². The highest BCUT2D eigenvalue weighted by Crippen LogP contribution is 2.25. The SMILES string of the molecule is CN[C@H]1CCN(C2CCCCC2)C1. The molecule has 0 bridgehead atoms. The predicted molar refractivity (Wildman–Crippen MR) is 55.9 cm³/mol. The first-order chi connectivity index (χ1) is 6.40. The molecule has 0 aromatic heterocycles. The standard InChI is InChI=1S/C11H22N2/c1-12-10-7-8-13(9-10)11-5-3-2-4-6-11/h10-12H,2-9H2,1H3/t10-/m0/s1.